The van der Waals surface area contributed by atoms with E-state index in [1.54, 1.807) is 0 Å². The van der Waals surface area contributed by atoms with Crippen molar-refractivity contribution in [3.8, 4) is 0 Å². The Kier molecular flexibility index (Phi) is 5.83. The van der Waals surface area contributed by atoms with Crippen molar-refractivity contribution in [2.75, 3.05) is 6.54 Å². The highest BCUT2D eigenvalue weighted by atomic mass is 127. The minimum Gasteiger partial charge on any atom is -0.271 e. The van der Waals surface area contributed by atoms with Crippen molar-refractivity contribution in [2.24, 2.45) is 11.8 Å². The van der Waals surface area contributed by atoms with Gasteiger partial charge >= 0.3 is 0 Å². The molecule has 0 radical (unpaired) electrons. The third kappa shape index (κ3) is 4.11. The number of nitrogens with one attached hydrogen (secondary N) is 1. The van der Waals surface area contributed by atoms with Crippen molar-refractivity contribution >= 4 is 22.6 Å². The molecule has 0 saturated carbocycles. The Balaban J connectivity index is 3.32. The predicted molar refractivity (Wildman–Crippen MR) is 49.5 cm³/mol. The second kappa shape index (κ2) is 5.44. The third-order valence-electron chi connectivity index (χ3n) is 1.45. The first-order valence-electron chi connectivity index (χ1n) is 3.29. The van der Waals surface area contributed by atoms with Crippen molar-refractivity contribution in [1.82, 2.24) is 5.43 Å². The van der Waals surface area contributed by atoms with E-state index in [4.69, 9.17) is 5.84 Å². The fourth-order valence-corrected chi connectivity index (χ4v) is 0.970. The molecule has 0 rings (SSSR count). The van der Waals surface area contributed by atoms with Crippen LogP contribution < -0.4 is 11.3 Å². The smallest absolute Gasteiger partial charge is 0.0145 e. The van der Waals surface area contributed by atoms with Crippen LogP contribution in [0.4, 0.5) is 0 Å². The van der Waals surface area contributed by atoms with E-state index in [0.717, 1.165) is 10.5 Å². The molecular weight excluding hydrogens is 227 g/mol. The molecule has 2 atom stereocenters. The topological polar surface area (TPSA) is 38.0 Å². The Bertz CT molecular complexity index is 68.1. The van der Waals surface area contributed by atoms with Gasteiger partial charge in [0.2, 0.25) is 0 Å². The van der Waals surface area contributed by atoms with E-state index in [-0.39, 0.29) is 0 Å². The second-order valence-corrected chi connectivity index (χ2v) is 3.91. The van der Waals surface area contributed by atoms with E-state index in [9.17, 15) is 0 Å². The van der Waals surface area contributed by atoms with Gasteiger partial charge in [-0.3, -0.25) is 11.3 Å². The lowest BCUT2D eigenvalue weighted by Gasteiger charge is -2.14. The van der Waals surface area contributed by atoms with Crippen molar-refractivity contribution in [2.45, 2.75) is 24.2 Å². The zero-order chi connectivity index (χ0) is 7.28. The zero-order valence-corrected chi connectivity index (χ0v) is 8.18. The highest BCUT2D eigenvalue weighted by Gasteiger charge is 2.09. The number of hydrazine groups is 1. The van der Waals surface area contributed by atoms with Crippen LogP contribution in [-0.2, 0) is 0 Å². The first kappa shape index (κ1) is 9.65. The molecule has 0 heterocycles. The maximum Gasteiger partial charge on any atom is 0.0145 e. The highest BCUT2D eigenvalue weighted by molar-refractivity contribution is 14.1. The van der Waals surface area contributed by atoms with Crippen LogP contribution in [0.1, 0.15) is 20.3 Å². The van der Waals surface area contributed by atoms with Crippen LogP contribution in [0.25, 0.3) is 0 Å². The number of rotatable bonds is 4. The molecule has 3 heteroatoms. The van der Waals surface area contributed by atoms with Gasteiger partial charge < -0.3 is 0 Å². The van der Waals surface area contributed by atoms with Gasteiger partial charge in [0.15, 0.2) is 0 Å². The molecule has 2 nitrogen and oxygen atoms in total. The van der Waals surface area contributed by atoms with Gasteiger partial charge in [-0.25, -0.2) is 0 Å². The van der Waals surface area contributed by atoms with Gasteiger partial charge in [-0.15, -0.1) is 0 Å². The van der Waals surface area contributed by atoms with Gasteiger partial charge in [0, 0.05) is 10.5 Å². The lowest BCUT2D eigenvalue weighted by molar-refractivity contribution is 0.508. The summed E-state index contributed by atoms with van der Waals surface area (Å²) in [5, 5.41) is 0. The molecular formula is C6H15IN2. The summed E-state index contributed by atoms with van der Waals surface area (Å²) in [5.41, 5.74) is 2.68. The molecule has 0 aliphatic carbocycles. The second-order valence-electron chi connectivity index (χ2n) is 2.31. The van der Waals surface area contributed by atoms with Crippen molar-refractivity contribution in [1.29, 1.82) is 0 Å². The fraction of sp³-hybridized carbons (Fsp3) is 1.00. The Morgan fingerprint density at radius 3 is 2.56 bits per heavy atom. The largest absolute Gasteiger partial charge is 0.271 e. The van der Waals surface area contributed by atoms with Crippen LogP contribution in [-0.4, -0.2) is 10.5 Å². The number of halogens is 1. The van der Waals surface area contributed by atoms with Gasteiger partial charge in [0.25, 0.3) is 0 Å². The number of hydrogen-bond acceptors (Lipinski definition) is 2. The standard InChI is InChI=1S/C6H15IN2/c1-3-6(7)5(2)4-9-8/h5-6,9H,3-4,8H2,1-2H3/t5?,6-/m0/s1. The summed E-state index contributed by atoms with van der Waals surface area (Å²) in [6.07, 6.45) is 1.23. The maximum absolute atomic E-state index is 5.17. The summed E-state index contributed by atoms with van der Waals surface area (Å²) in [6.45, 7) is 5.33. The van der Waals surface area contributed by atoms with Crippen molar-refractivity contribution < 1.29 is 0 Å². The molecule has 0 aromatic heterocycles. The summed E-state index contributed by atoms with van der Waals surface area (Å²) in [4.78, 5) is 0. The first-order valence-corrected chi connectivity index (χ1v) is 4.54. The molecule has 0 spiro atoms. The normalized spacial score (nSPS) is 17.3. The summed E-state index contributed by atoms with van der Waals surface area (Å²) in [6, 6.07) is 0. The minimum absolute atomic E-state index is 0.681. The lowest BCUT2D eigenvalue weighted by atomic mass is 10.1. The molecule has 3 N–H and O–H groups in total. The minimum atomic E-state index is 0.681. The van der Waals surface area contributed by atoms with Crippen molar-refractivity contribution in [3.63, 3.8) is 0 Å². The lowest BCUT2D eigenvalue weighted by Crippen LogP contribution is -2.31. The number of alkyl halides is 1. The molecule has 0 aromatic carbocycles. The van der Waals surface area contributed by atoms with E-state index < -0.39 is 0 Å². The summed E-state index contributed by atoms with van der Waals surface area (Å²) < 4.78 is 0.749. The van der Waals surface area contributed by atoms with Crippen LogP contribution in [0, 0.1) is 5.92 Å². The summed E-state index contributed by atoms with van der Waals surface area (Å²) >= 11 is 2.46. The number of hydrogen-bond donors (Lipinski definition) is 2. The molecule has 56 valence electrons. The van der Waals surface area contributed by atoms with Crippen LogP contribution >= 0.6 is 22.6 Å². The van der Waals surface area contributed by atoms with Gasteiger partial charge in [0.1, 0.15) is 0 Å². The molecule has 0 bridgehead atoms. The fourth-order valence-electron chi connectivity index (χ4n) is 0.716. The molecule has 0 aromatic rings. The number of nitrogens with two attached hydrogens (primary N) is 1. The van der Waals surface area contributed by atoms with E-state index >= 15 is 0 Å². The Hall–Kier alpha value is 0.650. The average Bonchev–Trinajstić information content (AvgIpc) is 1.87. The third-order valence-corrected chi connectivity index (χ3v) is 3.56. The van der Waals surface area contributed by atoms with Gasteiger partial charge in [0.05, 0.1) is 0 Å². The van der Waals surface area contributed by atoms with Crippen LogP contribution in [0.2, 0.25) is 0 Å². The first-order chi connectivity index (χ1) is 4.22. The van der Waals surface area contributed by atoms with Crippen LogP contribution in [0.15, 0.2) is 0 Å². The molecule has 0 aliphatic rings. The van der Waals surface area contributed by atoms with Gasteiger partial charge in [-0.05, 0) is 12.3 Å². The SMILES string of the molecule is CC[C@H](I)C(C)CNN. The molecule has 0 aliphatic heterocycles. The maximum atomic E-state index is 5.17. The monoisotopic (exact) mass is 242 g/mol. The van der Waals surface area contributed by atoms with Crippen LogP contribution in [0.3, 0.4) is 0 Å². The Morgan fingerprint density at radius 1 is 1.67 bits per heavy atom. The molecule has 9 heavy (non-hydrogen) atoms. The zero-order valence-electron chi connectivity index (χ0n) is 6.02. The predicted octanol–water partition coefficient (Wildman–Crippen LogP) is 1.30. The van der Waals surface area contributed by atoms with Gasteiger partial charge in [-0.1, -0.05) is 36.4 Å². The van der Waals surface area contributed by atoms with Crippen LogP contribution in [0.5, 0.6) is 0 Å². The van der Waals surface area contributed by atoms with E-state index in [0.29, 0.717) is 5.92 Å². The van der Waals surface area contributed by atoms with Gasteiger partial charge in [-0.2, -0.15) is 0 Å². The Morgan fingerprint density at radius 2 is 2.22 bits per heavy atom. The quantitative estimate of drug-likeness (QED) is 0.337. The van der Waals surface area contributed by atoms with Crippen molar-refractivity contribution in [3.05, 3.63) is 0 Å². The molecule has 0 saturated heterocycles. The highest BCUT2D eigenvalue weighted by Crippen LogP contribution is 2.15. The summed E-state index contributed by atoms with van der Waals surface area (Å²) in [5.74, 6) is 5.85. The van der Waals surface area contributed by atoms with E-state index in [2.05, 4.69) is 41.9 Å². The van der Waals surface area contributed by atoms with E-state index in [1.807, 2.05) is 0 Å². The van der Waals surface area contributed by atoms with E-state index in [1.165, 1.54) is 6.42 Å². The molecule has 0 amide bonds. The average molecular weight is 242 g/mol. The molecule has 1 unspecified atom stereocenters. The Labute approximate surface area is 70.7 Å². The summed E-state index contributed by atoms with van der Waals surface area (Å²) in [7, 11) is 0. The molecule has 0 fully saturated rings.